The number of rotatable bonds is 3. The van der Waals surface area contributed by atoms with Gasteiger partial charge in [-0.15, -0.1) is 11.3 Å². The van der Waals surface area contributed by atoms with Gasteiger partial charge in [-0.25, -0.2) is 0 Å². The van der Waals surface area contributed by atoms with Crippen LogP contribution in [0.15, 0.2) is 33.2 Å². The minimum atomic E-state index is 0.248. The number of hydrogen-bond acceptors (Lipinski definition) is 2. The zero-order valence-corrected chi connectivity index (χ0v) is 14.5. The maximum absolute atomic E-state index is 3.60. The van der Waals surface area contributed by atoms with Crippen LogP contribution in [0, 0.1) is 13.8 Å². The Morgan fingerprint density at radius 3 is 2.44 bits per heavy atom. The van der Waals surface area contributed by atoms with Crippen LogP contribution in [0.25, 0.3) is 0 Å². The molecule has 0 fully saturated rings. The molecule has 1 aromatic heterocycles. The molecule has 2 rings (SSSR count). The molecular weight excluding hydrogens is 374 g/mol. The minimum absolute atomic E-state index is 0.248. The first-order valence-corrected chi connectivity index (χ1v) is 8.13. The van der Waals surface area contributed by atoms with Crippen LogP contribution in [-0.4, -0.2) is 7.05 Å². The van der Waals surface area contributed by atoms with E-state index in [2.05, 4.69) is 75.3 Å². The molecule has 0 aliphatic rings. The molecule has 2 aromatic rings. The average molecular weight is 389 g/mol. The second-order valence-corrected chi connectivity index (χ2v) is 7.23. The second-order valence-electron chi connectivity index (χ2n) is 4.23. The summed E-state index contributed by atoms with van der Waals surface area (Å²) in [5.74, 6) is 0. The summed E-state index contributed by atoms with van der Waals surface area (Å²) in [4.78, 5) is 2.65. The van der Waals surface area contributed by atoms with Crippen molar-refractivity contribution in [2.24, 2.45) is 0 Å². The van der Waals surface area contributed by atoms with E-state index in [0.717, 1.165) is 4.47 Å². The largest absolute Gasteiger partial charge is 0.309 e. The van der Waals surface area contributed by atoms with Gasteiger partial charge in [0.2, 0.25) is 0 Å². The summed E-state index contributed by atoms with van der Waals surface area (Å²) in [6.07, 6.45) is 0. The van der Waals surface area contributed by atoms with Gasteiger partial charge >= 0.3 is 0 Å². The van der Waals surface area contributed by atoms with Crippen LogP contribution >= 0.6 is 43.2 Å². The quantitative estimate of drug-likeness (QED) is 0.761. The van der Waals surface area contributed by atoms with Gasteiger partial charge in [0.25, 0.3) is 0 Å². The molecule has 0 saturated heterocycles. The van der Waals surface area contributed by atoms with E-state index in [9.17, 15) is 0 Å². The fourth-order valence-corrected chi connectivity index (χ4v) is 4.08. The summed E-state index contributed by atoms with van der Waals surface area (Å²) in [6.45, 7) is 4.29. The van der Waals surface area contributed by atoms with E-state index in [1.807, 2.05) is 18.4 Å². The molecule has 1 heterocycles. The third-order valence-corrected chi connectivity index (χ3v) is 6.13. The average Bonchev–Trinajstić information content (AvgIpc) is 2.66. The number of thiophene rings is 1. The van der Waals surface area contributed by atoms with Gasteiger partial charge in [0.1, 0.15) is 0 Å². The molecule has 1 N–H and O–H groups in total. The molecule has 0 saturated carbocycles. The number of halogens is 2. The lowest BCUT2D eigenvalue weighted by Gasteiger charge is -2.18. The molecule has 1 nitrogen and oxygen atoms in total. The topological polar surface area (TPSA) is 12.0 Å². The van der Waals surface area contributed by atoms with Crippen LogP contribution in [-0.2, 0) is 0 Å². The highest BCUT2D eigenvalue weighted by Gasteiger charge is 2.18. The SMILES string of the molecule is CNC(c1cc(Br)c(C)s1)c1cccc(Br)c1C. The lowest BCUT2D eigenvalue weighted by atomic mass is 10.0. The Morgan fingerprint density at radius 1 is 1.17 bits per heavy atom. The first-order chi connectivity index (χ1) is 8.54. The smallest absolute Gasteiger partial charge is 0.0672 e. The van der Waals surface area contributed by atoms with Crippen molar-refractivity contribution in [3.8, 4) is 0 Å². The first kappa shape index (κ1) is 14.3. The Balaban J connectivity index is 2.48. The number of nitrogens with one attached hydrogen (secondary N) is 1. The Bertz CT molecular complexity index is 543. The standard InChI is InChI=1S/C14H15Br2NS/c1-8-10(5-4-6-11(8)15)14(17-3)13-7-12(16)9(2)18-13/h4-7,14,17H,1-3H3. The molecule has 0 amide bonds. The number of benzene rings is 1. The summed E-state index contributed by atoms with van der Waals surface area (Å²) < 4.78 is 2.35. The molecule has 96 valence electrons. The Labute approximate surface area is 129 Å². The molecule has 18 heavy (non-hydrogen) atoms. The van der Waals surface area contributed by atoms with E-state index < -0.39 is 0 Å². The zero-order chi connectivity index (χ0) is 13.3. The van der Waals surface area contributed by atoms with Gasteiger partial charge in [0.15, 0.2) is 0 Å². The van der Waals surface area contributed by atoms with Crippen molar-refractivity contribution in [2.45, 2.75) is 19.9 Å². The molecule has 0 aliphatic carbocycles. The lowest BCUT2D eigenvalue weighted by molar-refractivity contribution is 0.698. The highest BCUT2D eigenvalue weighted by atomic mass is 79.9. The Hall–Kier alpha value is -0.160. The van der Waals surface area contributed by atoms with Gasteiger partial charge in [-0.2, -0.15) is 0 Å². The maximum atomic E-state index is 3.60. The van der Waals surface area contributed by atoms with Gasteiger partial charge in [0, 0.05) is 18.7 Å². The van der Waals surface area contributed by atoms with Gasteiger partial charge < -0.3 is 5.32 Å². The minimum Gasteiger partial charge on any atom is -0.309 e. The normalized spacial score (nSPS) is 12.7. The third-order valence-electron chi connectivity index (χ3n) is 3.07. The predicted octanol–water partition coefficient (Wildman–Crippen LogP) is 5.20. The number of aryl methyl sites for hydroxylation is 1. The van der Waals surface area contributed by atoms with Gasteiger partial charge in [0.05, 0.1) is 6.04 Å². The van der Waals surface area contributed by atoms with E-state index in [4.69, 9.17) is 0 Å². The second kappa shape index (κ2) is 5.87. The van der Waals surface area contributed by atoms with Crippen molar-refractivity contribution in [1.29, 1.82) is 0 Å². The molecule has 4 heteroatoms. The molecule has 1 aromatic carbocycles. The van der Waals surface area contributed by atoms with Crippen molar-refractivity contribution in [3.05, 3.63) is 54.1 Å². The third kappa shape index (κ3) is 2.72. The van der Waals surface area contributed by atoms with Crippen LogP contribution in [0.1, 0.15) is 26.9 Å². The van der Waals surface area contributed by atoms with Crippen LogP contribution in [0.3, 0.4) is 0 Å². The fraction of sp³-hybridized carbons (Fsp3) is 0.286. The molecular formula is C14H15Br2NS. The van der Waals surface area contributed by atoms with E-state index in [-0.39, 0.29) is 6.04 Å². The molecule has 0 radical (unpaired) electrons. The van der Waals surface area contributed by atoms with Crippen molar-refractivity contribution in [2.75, 3.05) is 7.05 Å². The summed E-state index contributed by atoms with van der Waals surface area (Å²) in [6, 6.07) is 8.82. The lowest BCUT2D eigenvalue weighted by Crippen LogP contribution is -2.17. The molecule has 0 spiro atoms. The van der Waals surface area contributed by atoms with Crippen LogP contribution in [0.2, 0.25) is 0 Å². The highest BCUT2D eigenvalue weighted by molar-refractivity contribution is 9.10. The Morgan fingerprint density at radius 2 is 1.89 bits per heavy atom. The number of hydrogen-bond donors (Lipinski definition) is 1. The van der Waals surface area contributed by atoms with E-state index in [1.54, 1.807) is 0 Å². The maximum Gasteiger partial charge on any atom is 0.0672 e. The summed E-state index contributed by atoms with van der Waals surface area (Å²) in [7, 11) is 2.01. The zero-order valence-electron chi connectivity index (χ0n) is 10.6. The Kier molecular flexibility index (Phi) is 4.64. The van der Waals surface area contributed by atoms with Crippen molar-refractivity contribution in [3.63, 3.8) is 0 Å². The fourth-order valence-electron chi connectivity index (χ4n) is 2.01. The highest BCUT2D eigenvalue weighted by Crippen LogP contribution is 2.35. The summed E-state index contributed by atoms with van der Waals surface area (Å²) >= 11 is 9.03. The van der Waals surface area contributed by atoms with E-state index in [0.29, 0.717) is 0 Å². The predicted molar refractivity (Wildman–Crippen MR) is 86.5 cm³/mol. The summed E-state index contributed by atoms with van der Waals surface area (Å²) in [5.41, 5.74) is 2.61. The van der Waals surface area contributed by atoms with Crippen LogP contribution in [0.5, 0.6) is 0 Å². The van der Waals surface area contributed by atoms with Gasteiger partial charge in [-0.3, -0.25) is 0 Å². The first-order valence-electron chi connectivity index (χ1n) is 5.72. The van der Waals surface area contributed by atoms with E-state index >= 15 is 0 Å². The molecule has 1 unspecified atom stereocenters. The van der Waals surface area contributed by atoms with Crippen LogP contribution in [0.4, 0.5) is 0 Å². The monoisotopic (exact) mass is 387 g/mol. The van der Waals surface area contributed by atoms with Gasteiger partial charge in [-0.1, -0.05) is 28.1 Å². The van der Waals surface area contributed by atoms with Gasteiger partial charge in [-0.05, 0) is 60.1 Å². The van der Waals surface area contributed by atoms with Crippen molar-refractivity contribution < 1.29 is 0 Å². The molecule has 0 aliphatic heterocycles. The van der Waals surface area contributed by atoms with E-state index in [1.165, 1.54) is 25.4 Å². The van der Waals surface area contributed by atoms with Crippen LogP contribution < -0.4 is 5.32 Å². The molecule has 1 atom stereocenters. The van der Waals surface area contributed by atoms with Crippen molar-refractivity contribution in [1.82, 2.24) is 5.32 Å². The van der Waals surface area contributed by atoms with Crippen molar-refractivity contribution >= 4 is 43.2 Å². The molecule has 0 bridgehead atoms. The summed E-state index contributed by atoms with van der Waals surface area (Å²) in [5, 5.41) is 3.41.